The molecule has 3 aromatic carbocycles. The van der Waals surface area contributed by atoms with Crippen molar-refractivity contribution in [3.8, 4) is 23.0 Å². The number of phenolic OH excluding ortho intramolecular Hbond substituents is 2. The minimum atomic E-state index is -3.03. The van der Waals surface area contributed by atoms with Gasteiger partial charge in [-0.25, -0.2) is 14.4 Å². The van der Waals surface area contributed by atoms with Gasteiger partial charge < -0.3 is 147 Å². The van der Waals surface area contributed by atoms with Gasteiger partial charge in [-0.05, 0) is 59.7 Å². The number of carbonyl (C=O) groups is 5. The molecule has 0 radical (unpaired) electrons. The maximum absolute atomic E-state index is 14.4. The van der Waals surface area contributed by atoms with Gasteiger partial charge in [0.25, 0.3) is 0 Å². The summed E-state index contributed by atoms with van der Waals surface area (Å²) in [6.07, 6.45) is -45.7. The molecule has 96 heavy (non-hydrogen) atoms. The second-order valence-electron chi connectivity index (χ2n) is 22.4. The Kier molecular flexibility index (Phi) is 26.0. The predicted molar refractivity (Wildman–Crippen MR) is 310 cm³/mol. The average molecular weight is 1370 g/mol. The standard InChI is InChI=1S/C61H76O35/c1-26(65)83-23-38-51(91-57-48(77)45(74)42(71)35(20-62)86-57)47(76)50(79)59(88-38)92-53-52(90-41(70)17-13-29-11-15-32(68)34(19-29)82-4)39(24-84-27(2)66)89-60(54(53)93-58-49(78)46(75)43(72)36(21-63)87-58)96-61(25-85-40(69)16-12-28-10-14-31(67)33(18-28)81-3)55(44(73)37(22-64)95-61)94-56(80)30-8-6-5-7-9-30/h5-19,35-39,42-55,57-60,62-64,67-68,71-79H,20-25H2,1-4H3/b16-12+,17-13+/t35-,36-,37-,38-,39-,42-,43-,44-,45+,46+,47-,48-,49-,50-,51-,52-,53+,54-,55+,57+,58+,59+,60-,61+/m1/s1. The van der Waals surface area contributed by atoms with E-state index in [0.29, 0.717) is 0 Å². The van der Waals surface area contributed by atoms with E-state index in [1.54, 1.807) is 6.07 Å². The predicted octanol–water partition coefficient (Wildman–Crippen LogP) is -4.96. The molecular weight excluding hydrogens is 1290 g/mol. The number of hydrogen-bond donors (Lipinski definition) is 14. The molecule has 5 saturated heterocycles. The Labute approximate surface area is 545 Å². The third-order valence-corrected chi connectivity index (χ3v) is 15.8. The Morgan fingerprint density at radius 1 is 0.479 bits per heavy atom. The Balaban J connectivity index is 1.29. The first-order valence-corrected chi connectivity index (χ1v) is 29.6. The summed E-state index contributed by atoms with van der Waals surface area (Å²) >= 11 is 0. The topological polar surface area (TPSA) is 516 Å². The summed E-state index contributed by atoms with van der Waals surface area (Å²) in [5.41, 5.74) is 0.316. The summed E-state index contributed by atoms with van der Waals surface area (Å²) in [7, 11) is 2.51. The maximum Gasteiger partial charge on any atom is 0.338 e. The summed E-state index contributed by atoms with van der Waals surface area (Å²) in [4.78, 5) is 67.8. The molecule has 0 aliphatic carbocycles. The molecule has 14 N–H and O–H groups in total. The van der Waals surface area contributed by atoms with Crippen molar-refractivity contribution in [2.75, 3.05) is 53.9 Å². The molecule has 5 heterocycles. The zero-order chi connectivity index (χ0) is 69.9. The van der Waals surface area contributed by atoms with E-state index < -0.39 is 216 Å². The van der Waals surface area contributed by atoms with E-state index in [2.05, 4.69) is 0 Å². The van der Waals surface area contributed by atoms with Crippen LogP contribution in [0.15, 0.2) is 78.9 Å². The van der Waals surface area contributed by atoms with Crippen molar-refractivity contribution < 1.29 is 171 Å². The second-order valence-corrected chi connectivity index (χ2v) is 22.4. The maximum atomic E-state index is 14.4. The zero-order valence-electron chi connectivity index (χ0n) is 51.5. The number of carbonyl (C=O) groups excluding carboxylic acids is 5. The SMILES string of the molecule is COc1cc(/C=C/C(=O)OC[C@@]2(O[C@H]3O[C@H](COC(C)=O)[C@@H](OC(=O)/C=C/c4ccc(O)c(OC)c4)[C@H](O[C@@H]4O[C@H](COC(C)=O)[C@@H](O[C@@H]5O[C@H](CO)[C@@H](O)[C@H](O)[C@H]5O)[C@H](O)[C@H]4O)[C@H]3O[C@@H]3O[C@H](CO)[C@@H](O)[C@H](O)[C@H]3O)O[C@H](CO)[C@@H](O)[C@@H]2OC(=O)c2ccccc2)ccc1O. The molecule has 0 spiro atoms. The van der Waals surface area contributed by atoms with Gasteiger partial charge in [0.2, 0.25) is 5.79 Å². The summed E-state index contributed by atoms with van der Waals surface area (Å²) in [5.74, 6) is -9.41. The fraction of sp³-hybridized carbons (Fsp3) is 0.557. The van der Waals surface area contributed by atoms with E-state index >= 15 is 0 Å². The Hall–Kier alpha value is -7.15. The highest BCUT2D eigenvalue weighted by Crippen LogP contribution is 2.43. The number of aliphatic hydroxyl groups is 12. The minimum absolute atomic E-state index is 0.00258. The van der Waals surface area contributed by atoms with Crippen molar-refractivity contribution in [3.05, 3.63) is 95.6 Å². The number of esters is 5. The van der Waals surface area contributed by atoms with Crippen LogP contribution < -0.4 is 9.47 Å². The highest BCUT2D eigenvalue weighted by molar-refractivity contribution is 5.90. The van der Waals surface area contributed by atoms with Crippen LogP contribution in [-0.2, 0) is 85.5 Å². The number of aliphatic hydroxyl groups excluding tert-OH is 12. The van der Waals surface area contributed by atoms with Crippen molar-refractivity contribution >= 4 is 42.0 Å². The lowest BCUT2D eigenvalue weighted by Gasteiger charge is -2.51. The number of methoxy groups -OCH3 is 2. The van der Waals surface area contributed by atoms with Crippen molar-refractivity contribution in [3.63, 3.8) is 0 Å². The van der Waals surface area contributed by atoms with Crippen LogP contribution in [0.2, 0.25) is 0 Å². The molecule has 24 atom stereocenters. The lowest BCUT2D eigenvalue weighted by Crippen LogP contribution is -2.69. The number of phenols is 2. The Morgan fingerprint density at radius 3 is 1.44 bits per heavy atom. The van der Waals surface area contributed by atoms with Crippen LogP contribution in [0, 0.1) is 0 Å². The number of aromatic hydroxyl groups is 2. The number of rotatable bonds is 26. The van der Waals surface area contributed by atoms with Crippen LogP contribution in [0.4, 0.5) is 0 Å². The molecule has 3 aromatic rings. The van der Waals surface area contributed by atoms with Crippen molar-refractivity contribution in [1.29, 1.82) is 0 Å². The van der Waals surface area contributed by atoms with Crippen LogP contribution in [0.25, 0.3) is 12.2 Å². The van der Waals surface area contributed by atoms with E-state index in [1.165, 1.54) is 81.0 Å². The lowest BCUT2D eigenvalue weighted by molar-refractivity contribution is -0.423. The molecule has 5 fully saturated rings. The Bertz CT molecular complexity index is 3150. The number of ether oxygens (including phenoxy) is 16. The molecular formula is C61H76O35. The van der Waals surface area contributed by atoms with Crippen LogP contribution in [-0.4, -0.2) is 302 Å². The third-order valence-electron chi connectivity index (χ3n) is 15.8. The van der Waals surface area contributed by atoms with E-state index in [-0.39, 0.29) is 39.7 Å². The molecule has 0 aromatic heterocycles. The molecule has 8 rings (SSSR count). The molecule has 5 aliphatic rings. The minimum Gasteiger partial charge on any atom is -0.504 e. The summed E-state index contributed by atoms with van der Waals surface area (Å²) < 4.78 is 94.2. The van der Waals surface area contributed by atoms with Crippen LogP contribution in [0.1, 0.15) is 35.3 Å². The fourth-order valence-corrected chi connectivity index (χ4v) is 10.8. The first-order chi connectivity index (χ1) is 45.7. The number of hydrogen-bond acceptors (Lipinski definition) is 35. The molecule has 0 unspecified atom stereocenters. The van der Waals surface area contributed by atoms with Crippen LogP contribution in [0.5, 0.6) is 23.0 Å². The highest BCUT2D eigenvalue weighted by atomic mass is 16.8. The van der Waals surface area contributed by atoms with Gasteiger partial charge in [0.05, 0.1) is 39.6 Å². The highest BCUT2D eigenvalue weighted by Gasteiger charge is 2.64. The molecule has 530 valence electrons. The molecule has 0 bridgehead atoms. The largest absolute Gasteiger partial charge is 0.504 e. The average Bonchev–Trinajstić information content (AvgIpc) is 1.35. The smallest absolute Gasteiger partial charge is 0.338 e. The fourth-order valence-electron chi connectivity index (χ4n) is 10.8. The lowest BCUT2D eigenvalue weighted by atomic mass is 9.95. The van der Waals surface area contributed by atoms with Gasteiger partial charge in [0, 0.05) is 26.0 Å². The van der Waals surface area contributed by atoms with E-state index in [4.69, 9.17) is 75.8 Å². The quantitative estimate of drug-likeness (QED) is 0.0203. The van der Waals surface area contributed by atoms with Gasteiger partial charge >= 0.3 is 29.8 Å². The molecule has 35 nitrogen and oxygen atoms in total. The van der Waals surface area contributed by atoms with Gasteiger partial charge in [-0.15, -0.1) is 0 Å². The third kappa shape index (κ3) is 17.6. The van der Waals surface area contributed by atoms with Crippen LogP contribution in [0.3, 0.4) is 0 Å². The summed E-state index contributed by atoms with van der Waals surface area (Å²) in [6.45, 7) is -4.52. The van der Waals surface area contributed by atoms with E-state index in [0.717, 1.165) is 32.1 Å². The van der Waals surface area contributed by atoms with Gasteiger partial charge in [-0.3, -0.25) is 9.59 Å². The first-order valence-electron chi connectivity index (χ1n) is 29.6. The van der Waals surface area contributed by atoms with Gasteiger partial charge in [0.15, 0.2) is 60.4 Å². The molecule has 0 amide bonds. The molecule has 5 aliphatic heterocycles. The Morgan fingerprint density at radius 2 is 0.938 bits per heavy atom. The zero-order valence-corrected chi connectivity index (χ0v) is 51.5. The van der Waals surface area contributed by atoms with Crippen molar-refractivity contribution in [1.82, 2.24) is 0 Å². The van der Waals surface area contributed by atoms with Crippen molar-refractivity contribution in [2.24, 2.45) is 0 Å². The summed E-state index contributed by atoms with van der Waals surface area (Å²) in [6, 6.07) is 14.9. The monoisotopic (exact) mass is 1370 g/mol. The van der Waals surface area contributed by atoms with Gasteiger partial charge in [-0.2, -0.15) is 0 Å². The molecule has 35 heteroatoms. The second kappa shape index (κ2) is 33.4. The first kappa shape index (κ1) is 74.6. The summed E-state index contributed by atoms with van der Waals surface area (Å²) in [5, 5.41) is 154. The van der Waals surface area contributed by atoms with E-state index in [1.807, 2.05) is 0 Å². The van der Waals surface area contributed by atoms with Crippen molar-refractivity contribution in [2.45, 2.75) is 161 Å². The van der Waals surface area contributed by atoms with Gasteiger partial charge in [0.1, 0.15) is 124 Å². The number of benzene rings is 3. The molecule has 0 saturated carbocycles. The van der Waals surface area contributed by atoms with Gasteiger partial charge in [-0.1, -0.05) is 30.3 Å². The van der Waals surface area contributed by atoms with Crippen LogP contribution >= 0.6 is 0 Å². The normalized spacial score (nSPS) is 35.4. The van der Waals surface area contributed by atoms with E-state index in [9.17, 15) is 95.5 Å².